The van der Waals surface area contributed by atoms with Crippen LogP contribution in [0.2, 0.25) is 0 Å². The molecule has 1 heterocycles. The van der Waals surface area contributed by atoms with Gasteiger partial charge in [-0.1, -0.05) is 0 Å². The molecule has 0 atom stereocenters. The van der Waals surface area contributed by atoms with Crippen LogP contribution in [0, 0.1) is 5.82 Å². The highest BCUT2D eigenvalue weighted by Gasteiger charge is 2.12. The first-order valence-electron chi connectivity index (χ1n) is 7.97. The van der Waals surface area contributed by atoms with Crippen LogP contribution in [0.25, 0.3) is 0 Å². The summed E-state index contributed by atoms with van der Waals surface area (Å²) in [5.41, 5.74) is 1.37. The quantitative estimate of drug-likeness (QED) is 0.691. The van der Waals surface area contributed by atoms with E-state index in [0.29, 0.717) is 22.9 Å². The number of ether oxygens (including phenoxy) is 2. The average Bonchev–Trinajstić information content (AvgIpc) is 2.70. The van der Waals surface area contributed by atoms with Gasteiger partial charge < -0.3 is 20.1 Å². The van der Waals surface area contributed by atoms with Crippen molar-refractivity contribution in [3.8, 4) is 11.5 Å². The molecule has 0 saturated carbocycles. The van der Waals surface area contributed by atoms with Crippen LogP contribution in [0.4, 0.5) is 21.7 Å². The number of methoxy groups -OCH3 is 2. The summed E-state index contributed by atoms with van der Waals surface area (Å²) in [6.07, 6.45) is 2.78. The van der Waals surface area contributed by atoms with E-state index < -0.39 is 5.91 Å². The zero-order valence-electron chi connectivity index (χ0n) is 14.7. The molecule has 7 nitrogen and oxygen atoms in total. The lowest BCUT2D eigenvalue weighted by Crippen LogP contribution is -2.14. The molecule has 8 heteroatoms. The normalized spacial score (nSPS) is 10.2. The second-order valence-electron chi connectivity index (χ2n) is 5.45. The molecule has 0 saturated heterocycles. The summed E-state index contributed by atoms with van der Waals surface area (Å²) in [5.74, 6) is 0.648. The topological polar surface area (TPSA) is 85.4 Å². The number of rotatable bonds is 6. The Morgan fingerprint density at radius 1 is 1.00 bits per heavy atom. The van der Waals surface area contributed by atoms with Gasteiger partial charge in [-0.15, -0.1) is 0 Å². The van der Waals surface area contributed by atoms with E-state index in [1.807, 2.05) is 0 Å². The molecule has 0 aliphatic rings. The number of carbonyl (C=O) groups excluding carboxylic acids is 1. The molecule has 0 spiro atoms. The third kappa shape index (κ3) is 4.49. The lowest BCUT2D eigenvalue weighted by Gasteiger charge is -2.11. The van der Waals surface area contributed by atoms with Crippen molar-refractivity contribution in [1.29, 1.82) is 0 Å². The molecule has 27 heavy (non-hydrogen) atoms. The van der Waals surface area contributed by atoms with Gasteiger partial charge in [0.25, 0.3) is 5.91 Å². The summed E-state index contributed by atoms with van der Waals surface area (Å²) in [6.45, 7) is 0. The van der Waals surface area contributed by atoms with Crippen molar-refractivity contribution in [3.05, 3.63) is 66.2 Å². The van der Waals surface area contributed by atoms with E-state index in [1.54, 1.807) is 30.3 Å². The Kier molecular flexibility index (Phi) is 5.46. The van der Waals surface area contributed by atoms with Crippen LogP contribution in [-0.4, -0.2) is 30.1 Å². The Morgan fingerprint density at radius 2 is 1.70 bits per heavy atom. The minimum Gasteiger partial charge on any atom is -0.497 e. The van der Waals surface area contributed by atoms with Crippen LogP contribution in [0.3, 0.4) is 0 Å². The first kappa shape index (κ1) is 18.1. The maximum atomic E-state index is 12.9. The van der Waals surface area contributed by atoms with Crippen molar-refractivity contribution in [3.63, 3.8) is 0 Å². The average molecular weight is 368 g/mol. The third-order valence-corrected chi connectivity index (χ3v) is 3.67. The number of nitrogens with zero attached hydrogens (tertiary/aromatic N) is 2. The number of anilines is 3. The first-order chi connectivity index (χ1) is 13.1. The molecule has 1 aromatic heterocycles. The minimum atomic E-state index is -0.394. The number of hydrogen-bond donors (Lipinski definition) is 2. The van der Waals surface area contributed by atoms with Gasteiger partial charge in [-0.05, 0) is 36.4 Å². The van der Waals surface area contributed by atoms with E-state index >= 15 is 0 Å². The second kappa shape index (κ2) is 8.13. The maximum Gasteiger partial charge on any atom is 0.258 e. The summed E-state index contributed by atoms with van der Waals surface area (Å²) in [4.78, 5) is 20.6. The largest absolute Gasteiger partial charge is 0.497 e. The fourth-order valence-corrected chi connectivity index (χ4v) is 2.28. The number of amides is 1. The molecule has 0 unspecified atom stereocenters. The highest BCUT2D eigenvalue weighted by atomic mass is 19.1. The molecule has 138 valence electrons. The van der Waals surface area contributed by atoms with E-state index in [1.165, 1.54) is 38.7 Å². The van der Waals surface area contributed by atoms with Gasteiger partial charge in [-0.3, -0.25) is 4.79 Å². The number of benzene rings is 2. The standard InChI is InChI=1S/C19H17FN4O3/c1-26-15-7-8-17(27-2)16(9-15)24-18(25)12-10-21-19(22-11-12)23-14-5-3-13(20)4-6-14/h3-11H,1-2H3,(H,24,25)(H,21,22,23). The van der Waals surface area contributed by atoms with E-state index in [9.17, 15) is 9.18 Å². The monoisotopic (exact) mass is 368 g/mol. The van der Waals surface area contributed by atoms with Gasteiger partial charge in [-0.25, -0.2) is 14.4 Å². The Bertz CT molecular complexity index is 931. The molecule has 3 aromatic rings. The van der Waals surface area contributed by atoms with Gasteiger partial charge in [0.15, 0.2) is 0 Å². The number of aromatic nitrogens is 2. The highest BCUT2D eigenvalue weighted by Crippen LogP contribution is 2.29. The van der Waals surface area contributed by atoms with E-state index in [2.05, 4.69) is 20.6 Å². The van der Waals surface area contributed by atoms with Crippen molar-refractivity contribution in [2.24, 2.45) is 0 Å². The smallest absolute Gasteiger partial charge is 0.258 e. The van der Waals surface area contributed by atoms with E-state index in [-0.39, 0.29) is 17.3 Å². The molecule has 0 bridgehead atoms. The van der Waals surface area contributed by atoms with Crippen LogP contribution < -0.4 is 20.1 Å². The van der Waals surface area contributed by atoms with Gasteiger partial charge in [-0.2, -0.15) is 0 Å². The van der Waals surface area contributed by atoms with Crippen molar-refractivity contribution in [2.75, 3.05) is 24.9 Å². The Hall–Kier alpha value is -3.68. The van der Waals surface area contributed by atoms with Gasteiger partial charge in [0, 0.05) is 24.1 Å². The van der Waals surface area contributed by atoms with Gasteiger partial charge in [0.1, 0.15) is 17.3 Å². The highest BCUT2D eigenvalue weighted by molar-refractivity contribution is 6.04. The Balaban J connectivity index is 1.71. The summed E-state index contributed by atoms with van der Waals surface area (Å²) < 4.78 is 23.3. The number of carbonyl (C=O) groups is 1. The molecular weight excluding hydrogens is 351 g/mol. The minimum absolute atomic E-state index is 0.268. The second-order valence-corrected chi connectivity index (χ2v) is 5.45. The fraction of sp³-hybridized carbons (Fsp3) is 0.105. The Morgan fingerprint density at radius 3 is 2.33 bits per heavy atom. The molecule has 0 radical (unpaired) electrons. The number of halogens is 1. The molecule has 0 fully saturated rings. The predicted molar refractivity (Wildman–Crippen MR) is 99.2 cm³/mol. The van der Waals surface area contributed by atoms with Crippen LogP contribution >= 0.6 is 0 Å². The molecule has 2 N–H and O–H groups in total. The van der Waals surface area contributed by atoms with Crippen LogP contribution in [0.15, 0.2) is 54.9 Å². The maximum absolute atomic E-state index is 12.9. The number of hydrogen-bond acceptors (Lipinski definition) is 6. The van der Waals surface area contributed by atoms with Crippen molar-refractivity contribution in [1.82, 2.24) is 9.97 Å². The molecular formula is C19H17FN4O3. The zero-order chi connectivity index (χ0) is 19.2. The summed E-state index contributed by atoms with van der Waals surface area (Å²) in [7, 11) is 3.05. The van der Waals surface area contributed by atoms with Crippen LogP contribution in [0.5, 0.6) is 11.5 Å². The lowest BCUT2D eigenvalue weighted by atomic mass is 10.2. The first-order valence-corrected chi connectivity index (χ1v) is 7.97. The predicted octanol–water partition coefficient (Wildman–Crippen LogP) is 3.63. The van der Waals surface area contributed by atoms with Crippen LogP contribution in [-0.2, 0) is 0 Å². The van der Waals surface area contributed by atoms with Crippen molar-refractivity contribution >= 4 is 23.2 Å². The van der Waals surface area contributed by atoms with Crippen molar-refractivity contribution in [2.45, 2.75) is 0 Å². The summed E-state index contributed by atoms with van der Waals surface area (Å²) in [5, 5.41) is 5.66. The van der Waals surface area contributed by atoms with Crippen LogP contribution in [0.1, 0.15) is 10.4 Å². The molecule has 3 rings (SSSR count). The third-order valence-electron chi connectivity index (χ3n) is 3.67. The molecule has 0 aliphatic heterocycles. The molecule has 1 amide bonds. The van der Waals surface area contributed by atoms with E-state index in [0.717, 1.165) is 0 Å². The summed E-state index contributed by atoms with van der Waals surface area (Å²) >= 11 is 0. The van der Waals surface area contributed by atoms with Crippen molar-refractivity contribution < 1.29 is 18.7 Å². The van der Waals surface area contributed by atoms with Gasteiger partial charge in [0.2, 0.25) is 5.95 Å². The molecule has 2 aromatic carbocycles. The molecule has 0 aliphatic carbocycles. The van der Waals surface area contributed by atoms with E-state index in [4.69, 9.17) is 9.47 Å². The SMILES string of the molecule is COc1ccc(OC)c(NC(=O)c2cnc(Nc3ccc(F)cc3)nc2)c1. The lowest BCUT2D eigenvalue weighted by molar-refractivity contribution is 0.102. The number of nitrogens with one attached hydrogen (secondary N) is 2. The Labute approximate surface area is 155 Å². The fourth-order valence-electron chi connectivity index (χ4n) is 2.28. The zero-order valence-corrected chi connectivity index (χ0v) is 14.7. The summed E-state index contributed by atoms with van der Waals surface area (Å²) in [6, 6.07) is 10.9. The van der Waals surface area contributed by atoms with Gasteiger partial charge >= 0.3 is 0 Å². The van der Waals surface area contributed by atoms with Gasteiger partial charge in [0.05, 0.1) is 25.5 Å².